The highest BCUT2D eigenvalue weighted by molar-refractivity contribution is 7.09. The molecular formula is C45H42F3N5O7S. The van der Waals surface area contributed by atoms with Crippen LogP contribution in [0.4, 0.5) is 18.9 Å². The summed E-state index contributed by atoms with van der Waals surface area (Å²) in [5.74, 6) is -5.20. The van der Waals surface area contributed by atoms with Crippen molar-refractivity contribution in [2.45, 2.75) is 68.9 Å². The van der Waals surface area contributed by atoms with Crippen LogP contribution in [0.1, 0.15) is 40.0 Å². The van der Waals surface area contributed by atoms with E-state index in [1.807, 2.05) is 42.5 Å². The summed E-state index contributed by atoms with van der Waals surface area (Å²) in [4.78, 5) is 81.9. The predicted octanol–water partition coefficient (Wildman–Crippen LogP) is 5.46. The predicted molar refractivity (Wildman–Crippen MR) is 222 cm³/mol. The lowest BCUT2D eigenvalue weighted by Crippen LogP contribution is -2.59. The van der Waals surface area contributed by atoms with Gasteiger partial charge in [-0.2, -0.15) is 13.2 Å². The highest BCUT2D eigenvalue weighted by atomic mass is 32.1. The minimum Gasteiger partial charge on any atom is -0.480 e. The van der Waals surface area contributed by atoms with E-state index < -0.39 is 77.8 Å². The number of carboxylic acids is 1. The van der Waals surface area contributed by atoms with Crippen LogP contribution >= 0.6 is 11.3 Å². The van der Waals surface area contributed by atoms with Crippen LogP contribution in [-0.4, -0.2) is 64.8 Å². The first-order valence-corrected chi connectivity index (χ1v) is 20.2. The van der Waals surface area contributed by atoms with E-state index in [0.717, 1.165) is 34.2 Å². The Morgan fingerprint density at radius 3 is 1.85 bits per heavy atom. The van der Waals surface area contributed by atoms with Gasteiger partial charge in [-0.25, -0.2) is 4.79 Å². The van der Waals surface area contributed by atoms with Crippen LogP contribution in [0.15, 0.2) is 121 Å². The van der Waals surface area contributed by atoms with Crippen molar-refractivity contribution >= 4 is 52.5 Å². The molecule has 4 aromatic carbocycles. The highest BCUT2D eigenvalue weighted by Crippen LogP contribution is 2.30. The first-order chi connectivity index (χ1) is 29.2. The van der Waals surface area contributed by atoms with Crippen LogP contribution in [0, 0.1) is 0 Å². The summed E-state index contributed by atoms with van der Waals surface area (Å²) in [5.41, 5.74) is 2.22. The minimum absolute atomic E-state index is 0.0149. The Hall–Kier alpha value is -6.81. The molecule has 0 saturated carbocycles. The summed E-state index contributed by atoms with van der Waals surface area (Å²) in [6.45, 7) is 0. The van der Waals surface area contributed by atoms with Crippen LogP contribution in [0.3, 0.4) is 0 Å². The van der Waals surface area contributed by atoms with Crippen LogP contribution in [0.2, 0.25) is 0 Å². The second-order valence-electron chi connectivity index (χ2n) is 14.5. The normalized spacial score (nSPS) is 19.7. The number of halogens is 3. The van der Waals surface area contributed by atoms with Crippen LogP contribution in [-0.2, 0) is 60.6 Å². The first-order valence-electron chi connectivity index (χ1n) is 19.3. The van der Waals surface area contributed by atoms with E-state index in [1.165, 1.54) is 41.7 Å². The molecule has 0 radical (unpaired) electrons. The second-order valence-corrected chi connectivity index (χ2v) is 15.6. The molecule has 5 aromatic rings. The zero-order valence-corrected chi connectivity index (χ0v) is 33.4. The maximum atomic E-state index is 14.4. The zero-order chi connectivity index (χ0) is 43.5. The Kier molecular flexibility index (Phi) is 14.3. The number of rotatable bonds is 8. The SMILES string of the molecule is O=C1CCC(=O)N[C@H](Cc2cccs2)C(=O)N[C@@H](Cc2ccc(-c3ccccc3)cc2)C(=O)N[C@H](Cc2cccc(C(F)(F)F)c2)C(=O)N[C@@H](C(=O)O)Cc2ccc(cc2)N1. The molecule has 2 aliphatic rings. The topological polar surface area (TPSA) is 183 Å². The van der Waals surface area contributed by atoms with Gasteiger partial charge in [0.2, 0.25) is 29.5 Å². The summed E-state index contributed by atoms with van der Waals surface area (Å²) in [6.07, 6.45) is -6.03. The summed E-state index contributed by atoms with van der Waals surface area (Å²) >= 11 is 1.34. The fourth-order valence-electron chi connectivity index (χ4n) is 6.76. The van der Waals surface area contributed by atoms with Crippen molar-refractivity contribution in [3.8, 4) is 11.1 Å². The van der Waals surface area contributed by atoms with Crippen LogP contribution in [0.25, 0.3) is 11.1 Å². The number of fused-ring (bicyclic) bond motifs is 18. The third kappa shape index (κ3) is 12.6. The molecule has 6 N–H and O–H groups in total. The number of anilines is 1. The Balaban J connectivity index is 1.37. The van der Waals surface area contributed by atoms with Crippen LogP contribution < -0.4 is 26.6 Å². The van der Waals surface area contributed by atoms with Crippen molar-refractivity contribution < 1.29 is 47.0 Å². The lowest BCUT2D eigenvalue weighted by molar-refractivity contribution is -0.142. The monoisotopic (exact) mass is 853 g/mol. The van der Waals surface area contributed by atoms with E-state index in [9.17, 15) is 47.0 Å². The summed E-state index contributed by atoms with van der Waals surface area (Å²) in [7, 11) is 0. The van der Waals surface area contributed by atoms with Crippen molar-refractivity contribution in [1.29, 1.82) is 0 Å². The zero-order valence-electron chi connectivity index (χ0n) is 32.5. The van der Waals surface area contributed by atoms with Crippen molar-refractivity contribution in [2.75, 3.05) is 5.32 Å². The summed E-state index contributed by atoms with van der Waals surface area (Å²) in [5, 5.41) is 25.0. The number of benzene rings is 4. The maximum Gasteiger partial charge on any atom is 0.416 e. The average Bonchev–Trinajstić information content (AvgIpc) is 3.76. The number of carbonyl (C=O) groups is 6. The molecule has 5 amide bonds. The molecule has 3 heterocycles. The Labute approximate surface area is 353 Å². The molecule has 0 fully saturated rings. The molecule has 2 aliphatic heterocycles. The van der Waals surface area contributed by atoms with Gasteiger partial charge < -0.3 is 31.7 Å². The van der Waals surface area contributed by atoms with Crippen molar-refractivity contribution in [1.82, 2.24) is 21.3 Å². The molecular weight excluding hydrogens is 812 g/mol. The van der Waals surface area contributed by atoms with Crippen molar-refractivity contribution in [3.05, 3.63) is 148 Å². The van der Waals surface area contributed by atoms with Gasteiger partial charge >= 0.3 is 12.1 Å². The fourth-order valence-corrected chi connectivity index (χ4v) is 7.51. The average molecular weight is 854 g/mol. The molecule has 0 unspecified atom stereocenters. The standard InChI is InChI=1S/C45H42F3N5O7S/c46-45(47,48)32-9-4-6-29(22-32)25-36-42(57)53-38(44(59)60)24-28-13-17-33(18-14-28)49-39(54)19-20-40(55)50-37(26-34-10-5-21-61-34)43(58)51-35(41(56)52-36)23-27-11-15-31(16-12-27)30-7-2-1-3-8-30/h1-18,21-22,35-38H,19-20,23-26H2,(H,49,54)(H,50,55)(H,51,58)(H,52,56)(H,53,57)(H,59,60)/t35-,36+,37+,38+/m0/s1. The number of nitrogens with one attached hydrogen (secondary N) is 5. The van der Waals surface area contributed by atoms with Gasteiger partial charge in [-0.15, -0.1) is 11.3 Å². The molecule has 4 atom stereocenters. The number of hydrogen-bond donors (Lipinski definition) is 6. The van der Waals surface area contributed by atoms with Gasteiger partial charge in [0.15, 0.2) is 0 Å². The van der Waals surface area contributed by atoms with Crippen molar-refractivity contribution in [3.63, 3.8) is 0 Å². The first kappa shape index (κ1) is 43.8. The quantitative estimate of drug-likeness (QED) is 0.112. The number of alkyl halides is 3. The summed E-state index contributed by atoms with van der Waals surface area (Å²) in [6, 6.07) is 24.7. The van der Waals surface area contributed by atoms with E-state index >= 15 is 0 Å². The third-order valence-electron chi connectivity index (χ3n) is 9.97. The molecule has 316 valence electrons. The van der Waals surface area contributed by atoms with Gasteiger partial charge in [0.1, 0.15) is 24.2 Å². The van der Waals surface area contributed by atoms with E-state index in [2.05, 4.69) is 26.6 Å². The Morgan fingerprint density at radius 1 is 0.623 bits per heavy atom. The van der Waals surface area contributed by atoms with Gasteiger partial charge in [-0.3, -0.25) is 24.0 Å². The molecule has 16 heteroatoms. The maximum absolute atomic E-state index is 14.4. The highest BCUT2D eigenvalue weighted by Gasteiger charge is 2.34. The minimum atomic E-state index is -4.72. The number of thiophene rings is 1. The lowest BCUT2D eigenvalue weighted by atomic mass is 9.98. The number of hydrogen-bond acceptors (Lipinski definition) is 7. The van der Waals surface area contributed by atoms with Gasteiger partial charge in [-0.05, 0) is 57.5 Å². The molecule has 0 saturated heterocycles. The lowest BCUT2D eigenvalue weighted by Gasteiger charge is -2.26. The fraction of sp³-hybridized carbons (Fsp3) is 0.244. The molecule has 7 rings (SSSR count). The number of aliphatic carboxylic acids is 1. The van der Waals surface area contributed by atoms with E-state index in [0.29, 0.717) is 16.8 Å². The molecule has 0 aliphatic carbocycles. The number of carboxylic acid groups (broad SMARTS) is 1. The van der Waals surface area contributed by atoms with Gasteiger partial charge in [0, 0.05) is 49.1 Å². The van der Waals surface area contributed by atoms with Crippen molar-refractivity contribution in [2.24, 2.45) is 0 Å². The van der Waals surface area contributed by atoms with Gasteiger partial charge in [0.25, 0.3) is 0 Å². The van der Waals surface area contributed by atoms with Gasteiger partial charge in [-0.1, -0.05) is 91.0 Å². The number of carbonyl (C=O) groups excluding carboxylic acids is 5. The molecule has 0 spiro atoms. The Morgan fingerprint density at radius 2 is 1.23 bits per heavy atom. The molecule has 12 nitrogen and oxygen atoms in total. The van der Waals surface area contributed by atoms with Gasteiger partial charge in [0.05, 0.1) is 5.56 Å². The Bertz CT molecular complexity index is 2340. The second kappa shape index (κ2) is 20.0. The van der Waals surface area contributed by atoms with E-state index in [4.69, 9.17) is 0 Å². The van der Waals surface area contributed by atoms with E-state index in [1.54, 1.807) is 29.6 Å². The third-order valence-corrected chi connectivity index (χ3v) is 10.9. The van der Waals surface area contributed by atoms with Crippen LogP contribution in [0.5, 0.6) is 0 Å². The number of amides is 5. The largest absolute Gasteiger partial charge is 0.480 e. The van der Waals surface area contributed by atoms with E-state index in [-0.39, 0.29) is 37.7 Å². The molecule has 1 aromatic heterocycles. The molecule has 2 bridgehead atoms. The summed E-state index contributed by atoms with van der Waals surface area (Å²) < 4.78 is 41.3. The smallest absolute Gasteiger partial charge is 0.416 e. The molecule has 61 heavy (non-hydrogen) atoms.